The van der Waals surface area contributed by atoms with Gasteiger partial charge in [0, 0.05) is 6.08 Å². The van der Waals surface area contributed by atoms with Gasteiger partial charge in [0.1, 0.15) is 0 Å². The van der Waals surface area contributed by atoms with E-state index in [0.717, 1.165) is 18.3 Å². The van der Waals surface area contributed by atoms with Gasteiger partial charge < -0.3 is 5.73 Å². The third-order valence-electron chi connectivity index (χ3n) is 4.96. The lowest BCUT2D eigenvalue weighted by Gasteiger charge is -2.18. The quantitative estimate of drug-likeness (QED) is 0.287. The van der Waals surface area contributed by atoms with Crippen molar-refractivity contribution >= 4 is 5.91 Å². The van der Waals surface area contributed by atoms with Gasteiger partial charge in [0.2, 0.25) is 5.91 Å². The van der Waals surface area contributed by atoms with Gasteiger partial charge in [0.05, 0.1) is 0 Å². The molecule has 0 aliphatic heterocycles. The average Bonchev–Trinajstić information content (AvgIpc) is 2.93. The van der Waals surface area contributed by atoms with Crippen molar-refractivity contribution in [3.63, 3.8) is 0 Å². The molecule has 1 rings (SSSR count). The zero-order valence-corrected chi connectivity index (χ0v) is 14.4. The number of rotatable bonds is 12. The molecule has 1 saturated carbocycles. The molecule has 2 N–H and O–H groups in total. The first-order chi connectivity index (χ1) is 10.7. The molecule has 0 spiro atoms. The number of nitrogens with two attached hydrogens (primary N) is 1. The van der Waals surface area contributed by atoms with Crippen LogP contribution in [0.1, 0.15) is 84.0 Å². The molecule has 0 aromatic rings. The minimum atomic E-state index is -0.376. The summed E-state index contributed by atoms with van der Waals surface area (Å²) in [5.41, 5.74) is 5.05. The zero-order chi connectivity index (χ0) is 16.0. The fraction of sp³-hybridized carbons (Fsp3) is 0.750. The van der Waals surface area contributed by atoms with E-state index < -0.39 is 0 Å². The number of primary amides is 1. The maximum atomic E-state index is 10.6. The molecule has 0 aromatic heterocycles. The summed E-state index contributed by atoms with van der Waals surface area (Å²) in [7, 11) is 0. The lowest BCUT2D eigenvalue weighted by atomic mass is 9.87. The van der Waals surface area contributed by atoms with E-state index in [-0.39, 0.29) is 5.91 Å². The van der Waals surface area contributed by atoms with Crippen molar-refractivity contribution in [3.05, 3.63) is 24.3 Å². The summed E-state index contributed by atoms with van der Waals surface area (Å²) in [5.74, 6) is 1.53. The zero-order valence-electron chi connectivity index (χ0n) is 14.4. The Morgan fingerprint density at radius 3 is 2.41 bits per heavy atom. The number of unbranched alkanes of at least 4 members (excludes halogenated alkanes) is 5. The van der Waals surface area contributed by atoms with E-state index in [0.29, 0.717) is 0 Å². The summed E-state index contributed by atoms with van der Waals surface area (Å²) >= 11 is 0. The number of carbonyl (C=O) groups excluding carboxylic acids is 1. The van der Waals surface area contributed by atoms with E-state index in [2.05, 4.69) is 13.0 Å². The minimum absolute atomic E-state index is 0.376. The van der Waals surface area contributed by atoms with Crippen molar-refractivity contribution in [1.82, 2.24) is 0 Å². The number of allylic oxidation sites excluding steroid dienone is 3. The minimum Gasteiger partial charge on any atom is -0.366 e. The van der Waals surface area contributed by atoms with Crippen molar-refractivity contribution in [1.29, 1.82) is 0 Å². The smallest absolute Gasteiger partial charge is 0.241 e. The van der Waals surface area contributed by atoms with E-state index in [1.54, 1.807) is 6.08 Å². The molecule has 0 aromatic carbocycles. The molecular formula is C20H35NO. The molecule has 0 unspecified atom stereocenters. The molecule has 1 aliphatic carbocycles. The second kappa shape index (κ2) is 12.5. The number of amides is 1. The first kappa shape index (κ1) is 19.0. The SMILES string of the molecule is CCCCCCCC[C@H]1CCC[C@@H]1CCC=C/C=C/C(N)=O. The van der Waals surface area contributed by atoms with Gasteiger partial charge in [-0.05, 0) is 24.7 Å². The average molecular weight is 306 g/mol. The Balaban J connectivity index is 2.11. The van der Waals surface area contributed by atoms with Crippen molar-refractivity contribution < 1.29 is 4.79 Å². The van der Waals surface area contributed by atoms with Crippen LogP contribution in [0.3, 0.4) is 0 Å². The molecule has 22 heavy (non-hydrogen) atoms. The highest BCUT2D eigenvalue weighted by Gasteiger charge is 2.25. The van der Waals surface area contributed by atoms with Gasteiger partial charge in [0.25, 0.3) is 0 Å². The second-order valence-corrected chi connectivity index (χ2v) is 6.77. The Hall–Kier alpha value is -1.05. The van der Waals surface area contributed by atoms with Crippen molar-refractivity contribution in [3.8, 4) is 0 Å². The van der Waals surface area contributed by atoms with Crippen LogP contribution < -0.4 is 5.73 Å². The standard InChI is InChI=1S/C20H35NO/c1-2-3-4-5-6-9-13-18-15-12-16-19(18)14-10-7-8-11-17-20(21)22/h7-8,11,17-19H,2-6,9-10,12-16H2,1H3,(H2,21,22)/b8-7?,17-11+/t18-,19-/m0/s1. The van der Waals surface area contributed by atoms with Crippen LogP contribution in [-0.4, -0.2) is 5.91 Å². The third-order valence-corrected chi connectivity index (χ3v) is 4.96. The Morgan fingerprint density at radius 1 is 1.00 bits per heavy atom. The van der Waals surface area contributed by atoms with Gasteiger partial charge in [-0.2, -0.15) is 0 Å². The number of carbonyl (C=O) groups is 1. The predicted octanol–water partition coefficient (Wildman–Crippen LogP) is 5.53. The molecule has 0 saturated heterocycles. The predicted molar refractivity (Wildman–Crippen MR) is 95.5 cm³/mol. The Kier molecular flexibility index (Phi) is 10.8. The molecule has 0 bridgehead atoms. The van der Waals surface area contributed by atoms with Crippen molar-refractivity contribution in [2.75, 3.05) is 0 Å². The van der Waals surface area contributed by atoms with Crippen LogP contribution in [0.25, 0.3) is 0 Å². The fourth-order valence-corrected chi connectivity index (χ4v) is 3.70. The molecule has 1 fully saturated rings. The number of hydrogen-bond donors (Lipinski definition) is 1. The molecule has 126 valence electrons. The molecule has 1 aliphatic rings. The van der Waals surface area contributed by atoms with Crippen LogP contribution in [0, 0.1) is 11.8 Å². The molecule has 2 nitrogen and oxygen atoms in total. The lowest BCUT2D eigenvalue weighted by Crippen LogP contribution is -2.07. The van der Waals surface area contributed by atoms with Gasteiger partial charge in [-0.25, -0.2) is 0 Å². The summed E-state index contributed by atoms with van der Waals surface area (Å²) in [6.45, 7) is 2.28. The Bertz CT molecular complexity index is 346. The summed E-state index contributed by atoms with van der Waals surface area (Å²) in [5, 5.41) is 0. The first-order valence-corrected chi connectivity index (χ1v) is 9.36. The van der Waals surface area contributed by atoms with E-state index in [1.165, 1.54) is 76.7 Å². The maximum Gasteiger partial charge on any atom is 0.241 e. The highest BCUT2D eigenvalue weighted by molar-refractivity contribution is 5.85. The summed E-state index contributed by atoms with van der Waals surface area (Å²) in [6.07, 6.45) is 23.9. The van der Waals surface area contributed by atoms with Gasteiger partial charge >= 0.3 is 0 Å². The molecule has 0 radical (unpaired) electrons. The largest absolute Gasteiger partial charge is 0.366 e. The molecule has 2 heteroatoms. The van der Waals surface area contributed by atoms with Crippen LogP contribution in [0.2, 0.25) is 0 Å². The Morgan fingerprint density at radius 2 is 1.68 bits per heavy atom. The molecule has 0 heterocycles. The number of hydrogen-bond acceptors (Lipinski definition) is 1. The van der Waals surface area contributed by atoms with E-state index in [9.17, 15) is 4.79 Å². The van der Waals surface area contributed by atoms with Gasteiger partial charge in [0.15, 0.2) is 0 Å². The normalized spacial score (nSPS) is 22.0. The second-order valence-electron chi connectivity index (χ2n) is 6.77. The van der Waals surface area contributed by atoms with Gasteiger partial charge in [-0.15, -0.1) is 0 Å². The summed E-state index contributed by atoms with van der Waals surface area (Å²) in [6, 6.07) is 0. The van der Waals surface area contributed by atoms with Gasteiger partial charge in [-0.1, -0.05) is 89.4 Å². The molecule has 2 atom stereocenters. The van der Waals surface area contributed by atoms with Crippen LogP contribution >= 0.6 is 0 Å². The molecule has 1 amide bonds. The maximum absolute atomic E-state index is 10.6. The fourth-order valence-electron chi connectivity index (χ4n) is 3.70. The van der Waals surface area contributed by atoms with E-state index >= 15 is 0 Å². The van der Waals surface area contributed by atoms with Crippen molar-refractivity contribution in [2.45, 2.75) is 84.0 Å². The van der Waals surface area contributed by atoms with Crippen molar-refractivity contribution in [2.24, 2.45) is 17.6 Å². The summed E-state index contributed by atoms with van der Waals surface area (Å²) in [4.78, 5) is 10.6. The van der Waals surface area contributed by atoms with E-state index in [4.69, 9.17) is 5.73 Å². The Labute approximate surface area is 137 Å². The lowest BCUT2D eigenvalue weighted by molar-refractivity contribution is -0.113. The van der Waals surface area contributed by atoms with Crippen LogP contribution in [0.5, 0.6) is 0 Å². The van der Waals surface area contributed by atoms with Crippen LogP contribution in [0.15, 0.2) is 24.3 Å². The van der Waals surface area contributed by atoms with Crippen LogP contribution in [0.4, 0.5) is 0 Å². The topological polar surface area (TPSA) is 43.1 Å². The highest BCUT2D eigenvalue weighted by Crippen LogP contribution is 2.38. The first-order valence-electron chi connectivity index (χ1n) is 9.36. The van der Waals surface area contributed by atoms with E-state index in [1.807, 2.05) is 6.08 Å². The summed E-state index contributed by atoms with van der Waals surface area (Å²) < 4.78 is 0. The monoisotopic (exact) mass is 305 g/mol. The highest BCUT2D eigenvalue weighted by atomic mass is 16.1. The van der Waals surface area contributed by atoms with Gasteiger partial charge in [-0.3, -0.25) is 4.79 Å². The molecular weight excluding hydrogens is 270 g/mol. The third kappa shape index (κ3) is 9.07. The van der Waals surface area contributed by atoms with Crippen LogP contribution in [-0.2, 0) is 4.79 Å².